The lowest BCUT2D eigenvalue weighted by Gasteiger charge is -2.13. The summed E-state index contributed by atoms with van der Waals surface area (Å²) in [6.45, 7) is 2.43. The van der Waals surface area contributed by atoms with E-state index in [0.29, 0.717) is 6.61 Å². The molecule has 0 amide bonds. The second-order valence-electron chi connectivity index (χ2n) is 4.50. The Morgan fingerprint density at radius 1 is 1.28 bits per heavy atom. The van der Waals surface area contributed by atoms with Crippen LogP contribution >= 0.6 is 0 Å². The monoisotopic (exact) mass is 258 g/mol. The molecule has 1 fully saturated rings. The van der Waals surface area contributed by atoms with Crippen molar-refractivity contribution >= 4 is 5.78 Å². The first-order valence-corrected chi connectivity index (χ1v) is 5.72. The van der Waals surface area contributed by atoms with Crippen LogP contribution in [0.15, 0.2) is 24.3 Å². The fourth-order valence-electron chi connectivity index (χ4n) is 2.02. The number of benzene rings is 1. The molecule has 1 heterocycles. The van der Waals surface area contributed by atoms with E-state index < -0.39 is 17.8 Å². The third-order valence-electron chi connectivity index (χ3n) is 3.14. The molecule has 0 aromatic heterocycles. The zero-order valence-corrected chi connectivity index (χ0v) is 9.83. The van der Waals surface area contributed by atoms with Crippen LogP contribution in [-0.4, -0.2) is 18.5 Å². The van der Waals surface area contributed by atoms with Crippen LogP contribution in [0.4, 0.5) is 13.2 Å². The van der Waals surface area contributed by atoms with Crippen molar-refractivity contribution in [2.24, 2.45) is 5.92 Å². The number of carbonyl (C=O) groups is 1. The predicted molar refractivity (Wildman–Crippen MR) is 59.3 cm³/mol. The largest absolute Gasteiger partial charge is 0.416 e. The minimum atomic E-state index is -4.38. The van der Waals surface area contributed by atoms with Crippen LogP contribution in [0.3, 0.4) is 0 Å². The van der Waals surface area contributed by atoms with Gasteiger partial charge in [0.15, 0.2) is 5.78 Å². The first-order valence-electron chi connectivity index (χ1n) is 5.72. The number of carbonyl (C=O) groups excluding carboxylic acids is 1. The number of hydrogen-bond donors (Lipinski definition) is 0. The lowest BCUT2D eigenvalue weighted by Crippen LogP contribution is -2.25. The van der Waals surface area contributed by atoms with Crippen LogP contribution in [-0.2, 0) is 10.9 Å². The molecule has 2 unspecified atom stereocenters. The van der Waals surface area contributed by atoms with E-state index in [-0.39, 0.29) is 17.3 Å². The van der Waals surface area contributed by atoms with Crippen molar-refractivity contribution in [2.75, 3.05) is 6.61 Å². The third kappa shape index (κ3) is 2.56. The molecule has 98 valence electrons. The maximum absolute atomic E-state index is 12.4. The summed E-state index contributed by atoms with van der Waals surface area (Å²) >= 11 is 0. The summed E-state index contributed by atoms with van der Waals surface area (Å²) in [7, 11) is 0. The van der Waals surface area contributed by atoms with Gasteiger partial charge in [0.25, 0.3) is 0 Å². The number of alkyl halides is 3. The van der Waals surface area contributed by atoms with Crippen molar-refractivity contribution in [1.82, 2.24) is 0 Å². The summed E-state index contributed by atoms with van der Waals surface area (Å²) < 4.78 is 42.4. The highest BCUT2D eigenvalue weighted by Crippen LogP contribution is 2.30. The molecular formula is C13H13F3O2. The molecule has 0 aliphatic carbocycles. The molecule has 2 nitrogen and oxygen atoms in total. The van der Waals surface area contributed by atoms with E-state index in [9.17, 15) is 18.0 Å². The Kier molecular flexibility index (Phi) is 3.43. The van der Waals surface area contributed by atoms with Gasteiger partial charge in [-0.05, 0) is 24.5 Å². The number of ketones is 1. The van der Waals surface area contributed by atoms with E-state index in [0.717, 1.165) is 18.6 Å². The number of rotatable bonds is 2. The SMILES string of the molecule is CC1CCOC1C(=O)c1ccc(C(F)(F)F)cc1. The van der Waals surface area contributed by atoms with Crippen molar-refractivity contribution in [3.8, 4) is 0 Å². The summed E-state index contributed by atoms with van der Waals surface area (Å²) in [5, 5.41) is 0. The zero-order chi connectivity index (χ0) is 13.3. The van der Waals surface area contributed by atoms with Crippen molar-refractivity contribution in [3.05, 3.63) is 35.4 Å². The highest BCUT2D eigenvalue weighted by Gasteiger charge is 2.33. The highest BCUT2D eigenvalue weighted by atomic mass is 19.4. The van der Waals surface area contributed by atoms with Gasteiger partial charge in [0.05, 0.1) is 5.56 Å². The highest BCUT2D eigenvalue weighted by molar-refractivity contribution is 5.99. The summed E-state index contributed by atoms with van der Waals surface area (Å²) in [6, 6.07) is 4.26. The number of hydrogen-bond acceptors (Lipinski definition) is 2. The minimum Gasteiger partial charge on any atom is -0.370 e. The maximum Gasteiger partial charge on any atom is 0.416 e. The lowest BCUT2D eigenvalue weighted by atomic mass is 9.96. The van der Waals surface area contributed by atoms with E-state index in [1.165, 1.54) is 12.1 Å². The topological polar surface area (TPSA) is 26.3 Å². The van der Waals surface area contributed by atoms with Crippen molar-refractivity contribution in [3.63, 3.8) is 0 Å². The molecule has 1 saturated heterocycles. The average Bonchev–Trinajstić information content (AvgIpc) is 2.73. The first kappa shape index (κ1) is 13.1. The summed E-state index contributed by atoms with van der Waals surface area (Å²) in [5.74, 6) is -0.131. The standard InChI is InChI=1S/C13H13F3O2/c1-8-6-7-18-12(8)11(17)9-2-4-10(5-3-9)13(14,15)16/h2-5,8,12H,6-7H2,1H3. The second kappa shape index (κ2) is 4.72. The third-order valence-corrected chi connectivity index (χ3v) is 3.14. The number of Topliss-reactive ketones (excluding diaryl/α,β-unsaturated/α-hetero) is 1. The van der Waals surface area contributed by atoms with Gasteiger partial charge >= 0.3 is 6.18 Å². The fourth-order valence-corrected chi connectivity index (χ4v) is 2.02. The molecular weight excluding hydrogens is 245 g/mol. The fraction of sp³-hybridized carbons (Fsp3) is 0.462. The molecule has 0 radical (unpaired) electrons. The van der Waals surface area contributed by atoms with Gasteiger partial charge < -0.3 is 4.74 Å². The molecule has 0 bridgehead atoms. The van der Waals surface area contributed by atoms with Gasteiger partial charge in [-0.1, -0.05) is 19.1 Å². The summed E-state index contributed by atoms with van der Waals surface area (Å²) in [6.07, 6.45) is -4.10. The molecule has 18 heavy (non-hydrogen) atoms. The van der Waals surface area contributed by atoms with Crippen LogP contribution < -0.4 is 0 Å². The quantitative estimate of drug-likeness (QED) is 0.761. The van der Waals surface area contributed by atoms with Gasteiger partial charge in [-0.15, -0.1) is 0 Å². The lowest BCUT2D eigenvalue weighted by molar-refractivity contribution is -0.137. The minimum absolute atomic E-state index is 0.111. The Morgan fingerprint density at radius 3 is 2.33 bits per heavy atom. The van der Waals surface area contributed by atoms with Gasteiger partial charge in [0, 0.05) is 12.2 Å². The molecule has 2 rings (SSSR count). The van der Waals surface area contributed by atoms with E-state index in [1.807, 2.05) is 6.92 Å². The smallest absolute Gasteiger partial charge is 0.370 e. The Bertz CT molecular complexity index is 437. The number of ether oxygens (including phenoxy) is 1. The molecule has 1 aromatic rings. The molecule has 2 atom stereocenters. The Labute approximate surface area is 103 Å². The molecule has 1 aliphatic heterocycles. The Morgan fingerprint density at radius 2 is 1.89 bits per heavy atom. The van der Waals surface area contributed by atoms with E-state index in [2.05, 4.69) is 0 Å². The van der Waals surface area contributed by atoms with E-state index >= 15 is 0 Å². The van der Waals surface area contributed by atoms with Crippen molar-refractivity contribution in [1.29, 1.82) is 0 Å². The van der Waals surface area contributed by atoms with Crippen molar-refractivity contribution in [2.45, 2.75) is 25.6 Å². The Balaban J connectivity index is 2.17. The van der Waals surface area contributed by atoms with Crippen LogP contribution in [0, 0.1) is 5.92 Å². The molecule has 5 heteroatoms. The predicted octanol–water partition coefficient (Wildman–Crippen LogP) is 3.31. The van der Waals surface area contributed by atoms with E-state index in [4.69, 9.17) is 4.74 Å². The van der Waals surface area contributed by atoms with Crippen LogP contribution in [0.25, 0.3) is 0 Å². The van der Waals surface area contributed by atoms with E-state index in [1.54, 1.807) is 0 Å². The molecule has 0 saturated carbocycles. The number of halogens is 3. The molecule has 0 N–H and O–H groups in total. The van der Waals surface area contributed by atoms with Crippen molar-refractivity contribution < 1.29 is 22.7 Å². The summed E-state index contributed by atoms with van der Waals surface area (Å²) in [4.78, 5) is 12.0. The molecule has 1 aromatic carbocycles. The summed E-state index contributed by atoms with van der Waals surface area (Å²) in [5.41, 5.74) is -0.485. The normalized spacial score (nSPS) is 24.2. The molecule has 1 aliphatic rings. The first-order chi connectivity index (χ1) is 8.39. The van der Waals surface area contributed by atoms with Gasteiger partial charge in [-0.3, -0.25) is 4.79 Å². The maximum atomic E-state index is 12.4. The Hall–Kier alpha value is -1.36. The van der Waals surface area contributed by atoms with Crippen LogP contribution in [0.5, 0.6) is 0 Å². The van der Waals surface area contributed by atoms with Gasteiger partial charge in [-0.25, -0.2) is 0 Å². The molecule has 0 spiro atoms. The second-order valence-corrected chi connectivity index (χ2v) is 4.50. The van der Waals surface area contributed by atoms with Crippen LogP contribution in [0.2, 0.25) is 0 Å². The van der Waals surface area contributed by atoms with Gasteiger partial charge in [-0.2, -0.15) is 13.2 Å². The van der Waals surface area contributed by atoms with Crippen LogP contribution in [0.1, 0.15) is 29.3 Å². The average molecular weight is 258 g/mol. The van der Waals surface area contributed by atoms with Gasteiger partial charge in [0.1, 0.15) is 6.10 Å². The zero-order valence-electron chi connectivity index (χ0n) is 9.83. The van der Waals surface area contributed by atoms with Gasteiger partial charge in [0.2, 0.25) is 0 Å².